The van der Waals surface area contributed by atoms with E-state index in [9.17, 15) is 5.11 Å². The molecule has 0 aliphatic carbocycles. The van der Waals surface area contributed by atoms with E-state index in [4.69, 9.17) is 4.74 Å². The normalized spacial score (nSPS) is 14.5. The predicted molar refractivity (Wildman–Crippen MR) is 101 cm³/mol. The largest absolute Gasteiger partial charge is 0.497 e. The number of aliphatic hydroxyl groups excluding tert-OH is 1. The Bertz CT molecular complexity index is 483. The minimum atomic E-state index is -0.421. The lowest BCUT2D eigenvalue weighted by Gasteiger charge is -2.34. The van der Waals surface area contributed by atoms with Gasteiger partial charge in [-0.25, -0.2) is 0 Å². The van der Waals surface area contributed by atoms with Crippen LogP contribution < -0.4 is 15.4 Å². The number of ether oxygens (including phenoxy) is 1. The monoisotopic (exact) mass is 334 g/mol. The summed E-state index contributed by atoms with van der Waals surface area (Å²) >= 11 is 0. The molecule has 0 fully saturated rings. The number of methoxy groups -OCH3 is 1. The second kappa shape index (κ2) is 9.82. The number of rotatable bonds is 11. The van der Waals surface area contributed by atoms with Gasteiger partial charge in [-0.3, -0.25) is 0 Å². The van der Waals surface area contributed by atoms with Crippen LogP contribution in [-0.2, 0) is 6.54 Å². The molecule has 2 unspecified atom stereocenters. The van der Waals surface area contributed by atoms with Gasteiger partial charge in [0, 0.05) is 24.7 Å². The third kappa shape index (κ3) is 7.04. The molecule has 0 aromatic heterocycles. The lowest BCUT2D eigenvalue weighted by atomic mass is 9.88. The third-order valence-corrected chi connectivity index (χ3v) is 4.28. The quantitative estimate of drug-likeness (QED) is 0.544. The third-order valence-electron chi connectivity index (χ3n) is 4.28. The van der Waals surface area contributed by atoms with Gasteiger partial charge in [0.05, 0.1) is 13.2 Å². The van der Waals surface area contributed by atoms with Crippen LogP contribution >= 0.6 is 0 Å². The summed E-state index contributed by atoms with van der Waals surface area (Å²) in [6, 6.07) is 8.05. The Hall–Kier alpha value is -1.36. The first kappa shape index (κ1) is 20.7. The van der Waals surface area contributed by atoms with Crippen molar-refractivity contribution >= 4 is 0 Å². The highest BCUT2D eigenvalue weighted by molar-refractivity contribution is 5.27. The van der Waals surface area contributed by atoms with Crippen LogP contribution in [0.5, 0.6) is 5.75 Å². The van der Waals surface area contributed by atoms with Crippen molar-refractivity contribution in [2.24, 2.45) is 5.92 Å². The minimum Gasteiger partial charge on any atom is -0.497 e. The first-order chi connectivity index (χ1) is 11.3. The predicted octanol–water partition coefficient (Wildman–Crippen LogP) is 3.11. The van der Waals surface area contributed by atoms with Gasteiger partial charge >= 0.3 is 0 Å². The molecular formula is C20H34N2O2. The molecule has 4 heteroatoms. The summed E-state index contributed by atoms with van der Waals surface area (Å²) in [5.74, 6) is 1.20. The second-order valence-corrected chi connectivity index (χ2v) is 7.32. The molecule has 0 amide bonds. The van der Waals surface area contributed by atoms with E-state index in [0.717, 1.165) is 18.8 Å². The molecule has 136 valence electrons. The summed E-state index contributed by atoms with van der Waals surface area (Å²) in [5, 5.41) is 17.6. The van der Waals surface area contributed by atoms with Crippen LogP contribution in [0.3, 0.4) is 0 Å². The van der Waals surface area contributed by atoms with Gasteiger partial charge < -0.3 is 20.5 Å². The fourth-order valence-electron chi connectivity index (χ4n) is 2.87. The van der Waals surface area contributed by atoms with E-state index >= 15 is 0 Å². The van der Waals surface area contributed by atoms with Crippen LogP contribution in [0.15, 0.2) is 36.9 Å². The summed E-state index contributed by atoms with van der Waals surface area (Å²) in [6.45, 7) is 13.7. The van der Waals surface area contributed by atoms with E-state index in [1.165, 1.54) is 5.56 Å². The maximum atomic E-state index is 10.7. The van der Waals surface area contributed by atoms with Gasteiger partial charge in [-0.2, -0.15) is 0 Å². The van der Waals surface area contributed by atoms with Crippen molar-refractivity contribution in [1.29, 1.82) is 0 Å². The van der Waals surface area contributed by atoms with Gasteiger partial charge in [-0.15, -0.1) is 6.58 Å². The second-order valence-electron chi connectivity index (χ2n) is 7.32. The smallest absolute Gasteiger partial charge is 0.118 e. The molecule has 0 saturated carbocycles. The summed E-state index contributed by atoms with van der Waals surface area (Å²) < 4.78 is 5.18. The zero-order chi connectivity index (χ0) is 18.2. The van der Waals surface area contributed by atoms with E-state index in [-0.39, 0.29) is 11.6 Å². The summed E-state index contributed by atoms with van der Waals surface area (Å²) in [5.41, 5.74) is 1.04. The molecule has 4 nitrogen and oxygen atoms in total. The molecule has 1 aromatic rings. The fourth-order valence-corrected chi connectivity index (χ4v) is 2.87. The van der Waals surface area contributed by atoms with Crippen molar-refractivity contribution in [3.05, 3.63) is 42.5 Å². The highest BCUT2D eigenvalue weighted by atomic mass is 16.5. The molecule has 0 aliphatic rings. The minimum absolute atomic E-state index is 0.0388. The average Bonchev–Trinajstić information content (AvgIpc) is 2.53. The van der Waals surface area contributed by atoms with Crippen LogP contribution in [-0.4, -0.2) is 36.4 Å². The topological polar surface area (TPSA) is 53.5 Å². The zero-order valence-corrected chi connectivity index (χ0v) is 15.8. The Morgan fingerprint density at radius 3 is 2.38 bits per heavy atom. The van der Waals surface area contributed by atoms with E-state index in [0.29, 0.717) is 12.3 Å². The molecule has 3 N–H and O–H groups in total. The molecule has 2 atom stereocenters. The Balaban J connectivity index is 2.63. The molecule has 0 heterocycles. The van der Waals surface area contributed by atoms with Crippen molar-refractivity contribution < 1.29 is 9.84 Å². The van der Waals surface area contributed by atoms with Crippen LogP contribution in [0.1, 0.15) is 39.7 Å². The molecule has 1 aromatic carbocycles. The van der Waals surface area contributed by atoms with E-state index < -0.39 is 6.10 Å². The molecule has 24 heavy (non-hydrogen) atoms. The number of hydrogen-bond donors (Lipinski definition) is 3. The Kier molecular flexibility index (Phi) is 8.46. The van der Waals surface area contributed by atoms with Gasteiger partial charge in [0.1, 0.15) is 5.75 Å². The van der Waals surface area contributed by atoms with Crippen LogP contribution in [0, 0.1) is 5.92 Å². The summed E-state index contributed by atoms with van der Waals surface area (Å²) in [7, 11) is 1.67. The molecule has 0 saturated heterocycles. The van der Waals surface area contributed by atoms with Crippen molar-refractivity contribution in [3.63, 3.8) is 0 Å². The van der Waals surface area contributed by atoms with E-state index in [2.05, 4.69) is 44.9 Å². The van der Waals surface area contributed by atoms with Gasteiger partial charge in [-0.1, -0.05) is 32.1 Å². The molecule has 0 aliphatic heterocycles. The van der Waals surface area contributed by atoms with Crippen LogP contribution in [0.4, 0.5) is 0 Å². The SMILES string of the molecule is C=CCNC(C)(C)CC(O)C(NCc1ccc(OC)cc1)C(C)C. The number of benzene rings is 1. The van der Waals surface area contributed by atoms with Gasteiger partial charge in [-0.05, 0) is 43.9 Å². The van der Waals surface area contributed by atoms with Gasteiger partial charge in [0.15, 0.2) is 0 Å². The highest BCUT2D eigenvalue weighted by Crippen LogP contribution is 2.19. The average molecular weight is 335 g/mol. The molecule has 0 bridgehead atoms. The Morgan fingerprint density at radius 1 is 1.25 bits per heavy atom. The molecule has 1 rings (SSSR count). The summed E-state index contributed by atoms with van der Waals surface area (Å²) in [4.78, 5) is 0. The lowest BCUT2D eigenvalue weighted by Crippen LogP contribution is -2.50. The molecule has 0 spiro atoms. The van der Waals surface area contributed by atoms with Crippen molar-refractivity contribution in [3.8, 4) is 5.75 Å². The van der Waals surface area contributed by atoms with Crippen LogP contribution in [0.25, 0.3) is 0 Å². The Labute approximate surface area is 147 Å². The number of hydrogen-bond acceptors (Lipinski definition) is 4. The van der Waals surface area contributed by atoms with Crippen molar-refractivity contribution in [1.82, 2.24) is 10.6 Å². The number of nitrogens with one attached hydrogen (secondary N) is 2. The molecule has 0 radical (unpaired) electrons. The van der Waals surface area contributed by atoms with Gasteiger partial charge in [0.2, 0.25) is 0 Å². The van der Waals surface area contributed by atoms with Crippen LogP contribution in [0.2, 0.25) is 0 Å². The lowest BCUT2D eigenvalue weighted by molar-refractivity contribution is 0.0722. The van der Waals surface area contributed by atoms with Crippen molar-refractivity contribution in [2.75, 3.05) is 13.7 Å². The first-order valence-electron chi connectivity index (χ1n) is 8.69. The summed E-state index contributed by atoms with van der Waals surface area (Å²) in [6.07, 6.45) is 2.10. The van der Waals surface area contributed by atoms with Gasteiger partial charge in [0.25, 0.3) is 0 Å². The first-order valence-corrected chi connectivity index (χ1v) is 8.69. The maximum Gasteiger partial charge on any atom is 0.118 e. The zero-order valence-electron chi connectivity index (χ0n) is 15.8. The maximum absolute atomic E-state index is 10.7. The molecular weight excluding hydrogens is 300 g/mol. The van der Waals surface area contributed by atoms with E-state index in [1.807, 2.05) is 30.3 Å². The van der Waals surface area contributed by atoms with Crippen molar-refractivity contribution in [2.45, 2.75) is 58.3 Å². The fraction of sp³-hybridized carbons (Fsp3) is 0.600. The highest BCUT2D eigenvalue weighted by Gasteiger charge is 2.28. The Morgan fingerprint density at radius 2 is 1.88 bits per heavy atom. The number of aliphatic hydroxyl groups is 1. The standard InChI is InChI=1S/C20H34N2O2/c1-7-12-22-20(4,5)13-18(23)19(15(2)3)21-14-16-8-10-17(24-6)11-9-16/h7-11,15,18-19,21-23H,1,12-14H2,2-6H3. The van der Waals surface area contributed by atoms with E-state index in [1.54, 1.807) is 7.11 Å².